The maximum atomic E-state index is 12.4. The normalized spacial score (nSPS) is 28.2. The average molecular weight is 490 g/mol. The molecule has 2 saturated carbocycles. The number of alkyl carbamates (subject to hydrolysis) is 1. The number of amides is 1. The number of nitrogens with one attached hydrogen (secondary N) is 1. The number of nitrogens with zero attached hydrogens (tertiary/aromatic N) is 2. The van der Waals surface area contributed by atoms with Crippen molar-refractivity contribution in [2.75, 3.05) is 26.2 Å². The molecule has 0 unspecified atom stereocenters. The van der Waals surface area contributed by atoms with Gasteiger partial charge in [0.1, 0.15) is 5.60 Å². The van der Waals surface area contributed by atoms with Crippen molar-refractivity contribution in [2.45, 2.75) is 83.5 Å². The highest BCUT2D eigenvalue weighted by Gasteiger charge is 2.55. The summed E-state index contributed by atoms with van der Waals surface area (Å²) in [5, 5.41) is 3.15. The molecule has 10 heteroatoms. The van der Waals surface area contributed by atoms with Crippen molar-refractivity contribution < 1.29 is 27.4 Å². The van der Waals surface area contributed by atoms with E-state index in [4.69, 9.17) is 9.47 Å². The first-order valence-corrected chi connectivity index (χ1v) is 12.6. The van der Waals surface area contributed by atoms with Gasteiger partial charge in [0.2, 0.25) is 0 Å². The number of halogens is 3. The Morgan fingerprint density at radius 2 is 1.91 bits per heavy atom. The minimum atomic E-state index is -4.34. The van der Waals surface area contributed by atoms with Crippen LogP contribution in [0.25, 0.3) is 0 Å². The number of hydrogen-bond donors (Lipinski definition) is 1. The van der Waals surface area contributed by atoms with Gasteiger partial charge in [-0.25, -0.2) is 9.78 Å². The van der Waals surface area contributed by atoms with E-state index in [0.29, 0.717) is 11.3 Å². The van der Waals surface area contributed by atoms with Crippen LogP contribution in [0.3, 0.4) is 0 Å². The predicted octanol–water partition coefficient (Wildman–Crippen LogP) is 4.96. The molecule has 1 aliphatic heterocycles. The van der Waals surface area contributed by atoms with Gasteiger partial charge in [-0.1, -0.05) is 11.3 Å². The smallest absolute Gasteiger partial charge is 0.422 e. The molecular weight excluding hydrogens is 455 g/mol. The second kappa shape index (κ2) is 9.24. The molecular formula is C23H34F3N3O3S. The number of hydrogen-bond acceptors (Lipinski definition) is 6. The number of rotatable bonds is 5. The average Bonchev–Trinajstić information content (AvgIpc) is 3.25. The van der Waals surface area contributed by atoms with Gasteiger partial charge in [-0.2, -0.15) is 13.2 Å². The number of ether oxygens (including phenoxy) is 2. The molecule has 4 rings (SSSR count). The number of carbonyl (C=O) groups is 1. The van der Waals surface area contributed by atoms with Crippen molar-refractivity contribution in [1.29, 1.82) is 0 Å². The van der Waals surface area contributed by atoms with Gasteiger partial charge in [0.05, 0.1) is 5.69 Å². The molecule has 0 saturated heterocycles. The van der Waals surface area contributed by atoms with Crippen molar-refractivity contribution >= 4 is 17.4 Å². The molecule has 1 N–H and O–H groups in total. The Balaban J connectivity index is 1.19. The lowest BCUT2D eigenvalue weighted by atomic mass is 9.81. The van der Waals surface area contributed by atoms with Crippen molar-refractivity contribution in [3.63, 3.8) is 0 Å². The van der Waals surface area contributed by atoms with Gasteiger partial charge in [0.25, 0.3) is 5.19 Å². The standard InChI is InChI=1S/C23H34F3N3O3S/c1-21(2,3)32-19(30)27-16-4-8-22(9-5-16)12-15(22)13-29-10-6-17-18(7-11-29)33-20(28-17)31-14-23(24,25)26/h15-16H,4-14H2,1-3H3,(H,27,30)/t15-,16?,22?/m0/s1. The molecule has 0 aromatic carbocycles. The highest BCUT2D eigenvalue weighted by atomic mass is 32.1. The van der Waals surface area contributed by atoms with Crippen molar-refractivity contribution in [3.8, 4) is 5.19 Å². The Kier molecular flexibility index (Phi) is 6.88. The van der Waals surface area contributed by atoms with Crippen LogP contribution in [-0.4, -0.2) is 60.0 Å². The third-order valence-electron chi connectivity index (χ3n) is 6.98. The zero-order valence-corrected chi connectivity index (χ0v) is 20.4. The monoisotopic (exact) mass is 489 g/mol. The molecule has 2 heterocycles. The van der Waals surface area contributed by atoms with Crippen LogP contribution in [0.15, 0.2) is 0 Å². The molecule has 6 nitrogen and oxygen atoms in total. The summed E-state index contributed by atoms with van der Waals surface area (Å²) in [7, 11) is 0. The quantitative estimate of drug-likeness (QED) is 0.634. The molecule has 0 bridgehead atoms. The number of aromatic nitrogens is 1. The SMILES string of the molecule is CC(C)(C)OC(=O)NC1CCC2(CC1)C[C@H]2CN1CCc2nc(OCC(F)(F)F)sc2CC1. The summed E-state index contributed by atoms with van der Waals surface area (Å²) < 4.78 is 47.3. The highest BCUT2D eigenvalue weighted by molar-refractivity contribution is 7.13. The van der Waals surface area contributed by atoms with Gasteiger partial charge in [-0.15, -0.1) is 0 Å². The molecule has 186 valence electrons. The minimum Gasteiger partial charge on any atom is -0.460 e. The summed E-state index contributed by atoms with van der Waals surface area (Å²) >= 11 is 1.25. The van der Waals surface area contributed by atoms with Crippen LogP contribution in [0, 0.1) is 11.3 Å². The van der Waals surface area contributed by atoms with Gasteiger partial charge in [-0.3, -0.25) is 0 Å². The topological polar surface area (TPSA) is 63.7 Å². The van der Waals surface area contributed by atoms with E-state index in [1.54, 1.807) is 0 Å². The van der Waals surface area contributed by atoms with E-state index in [0.717, 1.165) is 68.7 Å². The van der Waals surface area contributed by atoms with Crippen molar-refractivity contribution in [3.05, 3.63) is 10.6 Å². The summed E-state index contributed by atoms with van der Waals surface area (Å²) in [6, 6.07) is 0.195. The van der Waals surface area contributed by atoms with Crippen LogP contribution < -0.4 is 10.1 Å². The Labute approximate surface area is 197 Å². The molecule has 0 radical (unpaired) electrons. The van der Waals surface area contributed by atoms with Crippen LogP contribution in [-0.2, 0) is 17.6 Å². The number of carbonyl (C=O) groups excluding carboxylic acids is 1. The molecule has 1 atom stereocenters. The van der Waals surface area contributed by atoms with Gasteiger partial charge in [-0.05, 0) is 70.6 Å². The molecule has 2 aliphatic carbocycles. The summed E-state index contributed by atoms with van der Waals surface area (Å²) in [5.74, 6) is 0.690. The van der Waals surface area contributed by atoms with Crippen LogP contribution in [0.1, 0.15) is 63.4 Å². The summed E-state index contributed by atoms with van der Waals surface area (Å²) in [6.07, 6.45) is 2.42. The lowest BCUT2D eigenvalue weighted by molar-refractivity contribution is -0.153. The van der Waals surface area contributed by atoms with E-state index in [1.165, 1.54) is 17.8 Å². The lowest BCUT2D eigenvalue weighted by Crippen LogP contribution is -2.41. The Hall–Kier alpha value is -1.55. The fourth-order valence-corrected chi connectivity index (χ4v) is 6.14. The minimum absolute atomic E-state index is 0.128. The summed E-state index contributed by atoms with van der Waals surface area (Å²) in [5.41, 5.74) is 0.824. The highest BCUT2D eigenvalue weighted by Crippen LogP contribution is 2.61. The van der Waals surface area contributed by atoms with Crippen LogP contribution in [0.2, 0.25) is 0 Å². The third-order valence-corrected chi connectivity index (χ3v) is 8.05. The largest absolute Gasteiger partial charge is 0.460 e. The van der Waals surface area contributed by atoms with Crippen LogP contribution in [0.4, 0.5) is 18.0 Å². The van der Waals surface area contributed by atoms with Gasteiger partial charge >= 0.3 is 12.3 Å². The van der Waals surface area contributed by atoms with E-state index < -0.39 is 18.4 Å². The van der Waals surface area contributed by atoms with E-state index in [9.17, 15) is 18.0 Å². The Bertz CT molecular complexity index is 819. The maximum Gasteiger partial charge on any atom is 0.422 e. The zero-order chi connectivity index (χ0) is 23.9. The molecule has 1 spiro atoms. The fraction of sp³-hybridized carbons (Fsp3) is 0.826. The first-order chi connectivity index (χ1) is 15.4. The Morgan fingerprint density at radius 3 is 2.58 bits per heavy atom. The number of fused-ring (bicyclic) bond motifs is 1. The van der Waals surface area contributed by atoms with E-state index in [2.05, 4.69) is 15.2 Å². The summed E-state index contributed by atoms with van der Waals surface area (Å²) in [6.45, 7) is 7.18. The number of thiazole rings is 1. The Morgan fingerprint density at radius 1 is 1.21 bits per heavy atom. The van der Waals surface area contributed by atoms with E-state index in [1.807, 2.05) is 20.8 Å². The van der Waals surface area contributed by atoms with Crippen LogP contribution in [0.5, 0.6) is 5.19 Å². The summed E-state index contributed by atoms with van der Waals surface area (Å²) in [4.78, 5) is 19.9. The maximum absolute atomic E-state index is 12.4. The van der Waals surface area contributed by atoms with Gasteiger partial charge in [0.15, 0.2) is 6.61 Å². The first-order valence-electron chi connectivity index (χ1n) is 11.8. The van der Waals surface area contributed by atoms with Crippen molar-refractivity contribution in [2.24, 2.45) is 11.3 Å². The zero-order valence-electron chi connectivity index (χ0n) is 19.6. The molecule has 1 aromatic rings. The van der Waals surface area contributed by atoms with Gasteiger partial charge < -0.3 is 19.7 Å². The van der Waals surface area contributed by atoms with Crippen LogP contribution >= 0.6 is 11.3 Å². The van der Waals surface area contributed by atoms with E-state index >= 15 is 0 Å². The van der Waals surface area contributed by atoms with E-state index in [-0.39, 0.29) is 17.3 Å². The number of alkyl halides is 3. The predicted molar refractivity (Wildman–Crippen MR) is 120 cm³/mol. The first kappa shape index (κ1) is 24.6. The second-order valence-corrected chi connectivity index (χ2v) is 11.8. The second-order valence-electron chi connectivity index (χ2n) is 10.7. The fourth-order valence-electron chi connectivity index (χ4n) is 5.20. The molecule has 1 amide bonds. The third kappa shape index (κ3) is 6.74. The molecule has 1 aromatic heterocycles. The molecule has 3 aliphatic rings. The van der Waals surface area contributed by atoms with Gasteiger partial charge in [0, 0.05) is 37.0 Å². The lowest BCUT2D eigenvalue weighted by Gasteiger charge is -2.31. The van der Waals surface area contributed by atoms with Crippen molar-refractivity contribution in [1.82, 2.24) is 15.2 Å². The molecule has 33 heavy (non-hydrogen) atoms. The molecule has 2 fully saturated rings.